The first-order valence-corrected chi connectivity index (χ1v) is 7.42. The third-order valence-electron chi connectivity index (χ3n) is 4.20. The van der Waals surface area contributed by atoms with Crippen LogP contribution in [0.25, 0.3) is 0 Å². The lowest BCUT2D eigenvalue weighted by Gasteiger charge is -2.33. The standard InChI is InChI=1S/C14H22N4O3/c19-13(7-12-8-15-11-16-12)18-2-1-14(20,10-18)9-17-3-5-21-6-4-17/h8,11,20H,1-7,9-10H2,(H,15,16). The van der Waals surface area contributed by atoms with Gasteiger partial charge in [0.15, 0.2) is 0 Å². The summed E-state index contributed by atoms with van der Waals surface area (Å²) in [5.41, 5.74) is 0.0182. The summed E-state index contributed by atoms with van der Waals surface area (Å²) in [6, 6.07) is 0. The molecule has 2 fully saturated rings. The number of amides is 1. The molecule has 0 saturated carbocycles. The molecule has 116 valence electrons. The maximum absolute atomic E-state index is 12.2. The van der Waals surface area contributed by atoms with Crippen molar-refractivity contribution in [2.45, 2.75) is 18.4 Å². The number of aromatic amines is 1. The molecular formula is C14H22N4O3. The molecule has 0 aromatic carbocycles. The molecule has 0 aliphatic carbocycles. The number of rotatable bonds is 4. The first-order chi connectivity index (χ1) is 10.1. The Bertz CT molecular complexity index is 473. The Labute approximate surface area is 123 Å². The lowest BCUT2D eigenvalue weighted by atomic mass is 10.0. The minimum absolute atomic E-state index is 0.0390. The summed E-state index contributed by atoms with van der Waals surface area (Å²) in [7, 11) is 0. The Morgan fingerprint density at radius 1 is 1.43 bits per heavy atom. The van der Waals surface area contributed by atoms with Gasteiger partial charge in [-0.1, -0.05) is 0 Å². The Hall–Kier alpha value is -1.44. The minimum Gasteiger partial charge on any atom is -0.387 e. The summed E-state index contributed by atoms with van der Waals surface area (Å²) in [4.78, 5) is 23.0. The van der Waals surface area contributed by atoms with Crippen LogP contribution in [0.1, 0.15) is 12.1 Å². The van der Waals surface area contributed by atoms with Crippen molar-refractivity contribution < 1.29 is 14.6 Å². The number of β-amino-alcohol motifs (C(OH)–C–C–N with tert-alkyl or cyclic N) is 1. The summed E-state index contributed by atoms with van der Waals surface area (Å²) >= 11 is 0. The molecule has 0 bridgehead atoms. The van der Waals surface area contributed by atoms with E-state index in [1.54, 1.807) is 17.4 Å². The van der Waals surface area contributed by atoms with E-state index in [2.05, 4.69) is 14.9 Å². The summed E-state index contributed by atoms with van der Waals surface area (Å²) < 4.78 is 5.32. The van der Waals surface area contributed by atoms with Crippen LogP contribution >= 0.6 is 0 Å². The first-order valence-electron chi connectivity index (χ1n) is 7.42. The number of nitrogens with zero attached hydrogens (tertiary/aromatic N) is 3. The smallest absolute Gasteiger partial charge is 0.228 e. The summed E-state index contributed by atoms with van der Waals surface area (Å²) in [6.07, 6.45) is 4.18. The van der Waals surface area contributed by atoms with Gasteiger partial charge < -0.3 is 19.7 Å². The van der Waals surface area contributed by atoms with E-state index < -0.39 is 5.60 Å². The van der Waals surface area contributed by atoms with Crippen LogP contribution < -0.4 is 0 Å². The van der Waals surface area contributed by atoms with Crippen molar-refractivity contribution in [2.24, 2.45) is 0 Å². The molecule has 3 heterocycles. The van der Waals surface area contributed by atoms with Gasteiger partial charge in [0, 0.05) is 38.1 Å². The second kappa shape index (κ2) is 6.13. The Balaban J connectivity index is 1.52. The fourth-order valence-electron chi connectivity index (χ4n) is 3.03. The molecular weight excluding hydrogens is 272 g/mol. The van der Waals surface area contributed by atoms with Crippen LogP contribution in [-0.4, -0.2) is 82.3 Å². The van der Waals surface area contributed by atoms with Gasteiger partial charge >= 0.3 is 0 Å². The number of carbonyl (C=O) groups excluding carboxylic acids is 1. The SMILES string of the molecule is O=C(Cc1cnc[nH]1)N1CCC(O)(CN2CCOCC2)C1. The molecule has 2 N–H and O–H groups in total. The molecule has 2 saturated heterocycles. The number of ether oxygens (including phenoxy) is 1. The lowest BCUT2D eigenvalue weighted by molar-refractivity contribution is -0.130. The van der Waals surface area contributed by atoms with Crippen LogP contribution in [0.2, 0.25) is 0 Å². The van der Waals surface area contributed by atoms with Crippen LogP contribution in [-0.2, 0) is 16.0 Å². The number of H-pyrrole nitrogens is 1. The topological polar surface area (TPSA) is 81.7 Å². The van der Waals surface area contributed by atoms with Gasteiger partial charge in [0.05, 0.1) is 38.1 Å². The second-order valence-electron chi connectivity index (χ2n) is 5.93. The molecule has 7 nitrogen and oxygen atoms in total. The van der Waals surface area contributed by atoms with E-state index in [-0.39, 0.29) is 5.91 Å². The Morgan fingerprint density at radius 3 is 2.95 bits per heavy atom. The van der Waals surface area contributed by atoms with Crippen molar-refractivity contribution in [3.05, 3.63) is 18.2 Å². The van der Waals surface area contributed by atoms with Gasteiger partial charge in [-0.05, 0) is 6.42 Å². The van der Waals surface area contributed by atoms with E-state index in [0.717, 1.165) is 32.0 Å². The van der Waals surface area contributed by atoms with Gasteiger partial charge in [-0.25, -0.2) is 4.98 Å². The van der Waals surface area contributed by atoms with Gasteiger partial charge in [-0.3, -0.25) is 9.69 Å². The van der Waals surface area contributed by atoms with E-state index in [9.17, 15) is 9.90 Å². The fourth-order valence-corrected chi connectivity index (χ4v) is 3.03. The molecule has 1 amide bonds. The number of hydrogen-bond donors (Lipinski definition) is 2. The number of imidazole rings is 1. The highest BCUT2D eigenvalue weighted by Crippen LogP contribution is 2.23. The highest BCUT2D eigenvalue weighted by atomic mass is 16.5. The van der Waals surface area contributed by atoms with Crippen molar-refractivity contribution in [2.75, 3.05) is 45.9 Å². The highest BCUT2D eigenvalue weighted by molar-refractivity contribution is 5.78. The molecule has 2 aliphatic rings. The van der Waals surface area contributed by atoms with E-state index in [0.29, 0.717) is 32.5 Å². The third-order valence-corrected chi connectivity index (χ3v) is 4.20. The molecule has 1 atom stereocenters. The molecule has 0 radical (unpaired) electrons. The number of morpholine rings is 1. The van der Waals surface area contributed by atoms with Gasteiger partial charge in [0.25, 0.3) is 0 Å². The van der Waals surface area contributed by atoms with Crippen LogP contribution in [0, 0.1) is 0 Å². The van der Waals surface area contributed by atoms with E-state index in [1.807, 2.05) is 0 Å². The molecule has 1 aromatic heterocycles. The maximum Gasteiger partial charge on any atom is 0.228 e. The summed E-state index contributed by atoms with van der Waals surface area (Å²) in [6.45, 7) is 4.79. The normalized spacial score (nSPS) is 27.2. The predicted octanol–water partition coefficient (Wildman–Crippen LogP) is -0.752. The van der Waals surface area contributed by atoms with Crippen molar-refractivity contribution >= 4 is 5.91 Å². The number of aromatic nitrogens is 2. The minimum atomic E-state index is -0.791. The fraction of sp³-hybridized carbons (Fsp3) is 0.714. The zero-order valence-corrected chi connectivity index (χ0v) is 12.1. The number of hydrogen-bond acceptors (Lipinski definition) is 5. The van der Waals surface area contributed by atoms with Crippen LogP contribution in [0.3, 0.4) is 0 Å². The van der Waals surface area contributed by atoms with Gasteiger partial charge in [0.2, 0.25) is 5.91 Å². The zero-order chi connectivity index (χ0) is 14.7. The van der Waals surface area contributed by atoms with Crippen molar-refractivity contribution in [1.82, 2.24) is 19.8 Å². The monoisotopic (exact) mass is 294 g/mol. The Kier molecular flexibility index (Phi) is 4.23. The van der Waals surface area contributed by atoms with Crippen LogP contribution in [0.15, 0.2) is 12.5 Å². The third kappa shape index (κ3) is 3.61. The van der Waals surface area contributed by atoms with Gasteiger partial charge in [-0.15, -0.1) is 0 Å². The predicted molar refractivity (Wildman–Crippen MR) is 75.7 cm³/mol. The quantitative estimate of drug-likeness (QED) is 0.763. The molecule has 21 heavy (non-hydrogen) atoms. The van der Waals surface area contributed by atoms with Gasteiger partial charge in [0.1, 0.15) is 0 Å². The van der Waals surface area contributed by atoms with E-state index in [1.165, 1.54) is 0 Å². The average molecular weight is 294 g/mol. The maximum atomic E-state index is 12.2. The summed E-state index contributed by atoms with van der Waals surface area (Å²) in [5, 5.41) is 10.7. The number of likely N-dealkylation sites (tertiary alicyclic amines) is 1. The molecule has 2 aliphatic heterocycles. The first kappa shape index (κ1) is 14.5. The second-order valence-corrected chi connectivity index (χ2v) is 5.93. The highest BCUT2D eigenvalue weighted by Gasteiger charge is 2.39. The number of carbonyl (C=O) groups is 1. The Morgan fingerprint density at radius 2 is 2.24 bits per heavy atom. The summed E-state index contributed by atoms with van der Waals surface area (Å²) in [5.74, 6) is 0.0390. The molecule has 3 rings (SSSR count). The zero-order valence-electron chi connectivity index (χ0n) is 12.1. The van der Waals surface area contributed by atoms with Gasteiger partial charge in [-0.2, -0.15) is 0 Å². The van der Waals surface area contributed by atoms with Crippen molar-refractivity contribution in [3.63, 3.8) is 0 Å². The van der Waals surface area contributed by atoms with Crippen molar-refractivity contribution in [3.8, 4) is 0 Å². The largest absolute Gasteiger partial charge is 0.387 e. The van der Waals surface area contributed by atoms with E-state index in [4.69, 9.17) is 4.74 Å². The van der Waals surface area contributed by atoms with Crippen LogP contribution in [0.5, 0.6) is 0 Å². The average Bonchev–Trinajstić information content (AvgIpc) is 3.10. The lowest BCUT2D eigenvalue weighted by Crippen LogP contribution is -2.49. The molecule has 0 spiro atoms. The van der Waals surface area contributed by atoms with Crippen LogP contribution in [0.4, 0.5) is 0 Å². The van der Waals surface area contributed by atoms with E-state index >= 15 is 0 Å². The van der Waals surface area contributed by atoms with Crippen molar-refractivity contribution in [1.29, 1.82) is 0 Å². The number of nitrogens with one attached hydrogen (secondary N) is 1. The number of aliphatic hydroxyl groups is 1. The molecule has 7 heteroatoms. The molecule has 1 aromatic rings. The molecule has 1 unspecified atom stereocenters.